The van der Waals surface area contributed by atoms with E-state index >= 15 is 0 Å². The normalized spacial score (nSPS) is 28.1. The molecule has 2 saturated carbocycles. The number of nitrogens with zero attached hydrogens (tertiary/aromatic N) is 2. The predicted octanol–water partition coefficient (Wildman–Crippen LogP) is 4.86. The number of methoxy groups -OCH3 is 2. The van der Waals surface area contributed by atoms with Gasteiger partial charge in [0.25, 0.3) is 0 Å². The molecule has 0 spiro atoms. The predicted molar refractivity (Wildman–Crippen MR) is 146 cm³/mol. The van der Waals surface area contributed by atoms with Crippen LogP contribution in [0.3, 0.4) is 0 Å². The molecule has 0 aromatic heterocycles. The van der Waals surface area contributed by atoms with Gasteiger partial charge < -0.3 is 24.4 Å². The number of amides is 1. The number of piperidine rings is 1. The van der Waals surface area contributed by atoms with E-state index in [0.717, 1.165) is 68.1 Å². The second kappa shape index (κ2) is 10.5. The molecule has 0 unspecified atom stereocenters. The fraction of sp³-hybridized carbons (Fsp3) is 0.516. The Bertz CT molecular complexity index is 1150. The lowest BCUT2D eigenvalue weighted by Gasteiger charge is -2.60. The zero-order valence-corrected chi connectivity index (χ0v) is 22.4. The monoisotopic (exact) mass is 504 g/mol. The van der Waals surface area contributed by atoms with Crippen molar-refractivity contribution in [3.8, 4) is 11.5 Å². The van der Waals surface area contributed by atoms with Crippen molar-refractivity contribution in [3.63, 3.8) is 0 Å². The number of rotatable bonds is 8. The van der Waals surface area contributed by atoms with Gasteiger partial charge in [-0.25, -0.2) is 0 Å². The van der Waals surface area contributed by atoms with E-state index in [0.29, 0.717) is 0 Å². The highest BCUT2D eigenvalue weighted by Crippen LogP contribution is 2.54. The van der Waals surface area contributed by atoms with Crippen molar-refractivity contribution in [2.24, 2.45) is 5.92 Å². The maximum absolute atomic E-state index is 13.3. The molecular formula is C31H40N2O4. The minimum absolute atomic E-state index is 0.00466. The molecule has 1 amide bonds. The van der Waals surface area contributed by atoms with Crippen molar-refractivity contribution >= 4 is 12.0 Å². The van der Waals surface area contributed by atoms with E-state index in [-0.39, 0.29) is 28.7 Å². The lowest BCUT2D eigenvalue weighted by Crippen LogP contribution is -2.68. The zero-order chi connectivity index (χ0) is 26.0. The number of benzene rings is 2. The number of likely N-dealkylation sites (tertiary alicyclic amines) is 1. The van der Waals surface area contributed by atoms with Crippen LogP contribution in [0.2, 0.25) is 0 Å². The van der Waals surface area contributed by atoms with Crippen LogP contribution in [-0.2, 0) is 14.9 Å². The molecule has 1 aliphatic heterocycles. The molecule has 198 valence electrons. The zero-order valence-electron chi connectivity index (χ0n) is 22.4. The Labute approximate surface area is 220 Å². The number of phenols is 1. The van der Waals surface area contributed by atoms with Crippen molar-refractivity contribution < 1.29 is 19.4 Å². The Morgan fingerprint density at radius 3 is 2.68 bits per heavy atom. The average Bonchev–Trinajstić information content (AvgIpc) is 3.75. The smallest absolute Gasteiger partial charge is 0.246 e. The van der Waals surface area contributed by atoms with Gasteiger partial charge in [-0.05, 0) is 92.5 Å². The summed E-state index contributed by atoms with van der Waals surface area (Å²) >= 11 is 0. The van der Waals surface area contributed by atoms with E-state index in [1.165, 1.54) is 12.8 Å². The standard InChI is InChI=1S/C31H40N2O4/c1-32(29(35)13-12-23-6-4-9-28(18-23)36-2)26-14-15-31(37-3)22-33(21-24-10-11-24)17-16-30(31,20-26)25-7-5-8-27(34)19-25/h4-9,12-13,18-19,24,26,34H,10-11,14-17,20-22H2,1-3H3/t26-,30-,31-/m0/s1. The van der Waals surface area contributed by atoms with E-state index in [1.54, 1.807) is 19.3 Å². The quantitative estimate of drug-likeness (QED) is 0.520. The summed E-state index contributed by atoms with van der Waals surface area (Å²) in [6, 6.07) is 15.5. The highest BCUT2D eigenvalue weighted by molar-refractivity contribution is 5.91. The topological polar surface area (TPSA) is 62.2 Å². The van der Waals surface area contributed by atoms with Gasteiger partial charge in [0, 0.05) is 44.8 Å². The highest BCUT2D eigenvalue weighted by Gasteiger charge is 2.59. The van der Waals surface area contributed by atoms with Crippen molar-refractivity contribution in [2.75, 3.05) is 40.9 Å². The fourth-order valence-electron chi connectivity index (χ4n) is 6.73. The van der Waals surface area contributed by atoms with E-state index in [1.807, 2.05) is 61.5 Å². The summed E-state index contributed by atoms with van der Waals surface area (Å²) in [6.07, 6.45) is 9.73. The Morgan fingerprint density at radius 1 is 1.14 bits per heavy atom. The largest absolute Gasteiger partial charge is 0.508 e. The van der Waals surface area contributed by atoms with Gasteiger partial charge in [0.1, 0.15) is 11.5 Å². The molecule has 2 aromatic rings. The maximum Gasteiger partial charge on any atom is 0.246 e. The third-order valence-corrected chi connectivity index (χ3v) is 9.08. The van der Waals surface area contributed by atoms with Crippen LogP contribution in [0.25, 0.3) is 6.08 Å². The van der Waals surface area contributed by atoms with E-state index < -0.39 is 0 Å². The third kappa shape index (κ3) is 5.14. The Hall–Kier alpha value is -2.83. The summed E-state index contributed by atoms with van der Waals surface area (Å²) in [7, 11) is 5.41. The molecule has 3 aliphatic rings. The first-order chi connectivity index (χ1) is 17.9. The number of likely N-dealkylation sites (N-methyl/N-ethyl adjacent to an activating group) is 1. The third-order valence-electron chi connectivity index (χ3n) is 9.08. The van der Waals surface area contributed by atoms with Gasteiger partial charge in [-0.3, -0.25) is 4.79 Å². The van der Waals surface area contributed by atoms with Crippen LogP contribution in [0.15, 0.2) is 54.6 Å². The second-order valence-corrected chi connectivity index (χ2v) is 11.2. The van der Waals surface area contributed by atoms with E-state index in [9.17, 15) is 9.90 Å². The maximum atomic E-state index is 13.3. The summed E-state index contributed by atoms with van der Waals surface area (Å²) < 4.78 is 11.8. The number of ether oxygens (including phenoxy) is 2. The average molecular weight is 505 g/mol. The molecule has 0 radical (unpaired) electrons. The van der Waals surface area contributed by atoms with Crippen LogP contribution >= 0.6 is 0 Å². The second-order valence-electron chi connectivity index (χ2n) is 11.2. The fourth-order valence-corrected chi connectivity index (χ4v) is 6.73. The number of phenolic OH excluding ortho intramolecular Hbond substituents is 1. The number of carbonyl (C=O) groups is 1. The Balaban J connectivity index is 1.40. The lowest BCUT2D eigenvalue weighted by atomic mass is 9.55. The number of hydrogen-bond acceptors (Lipinski definition) is 5. The molecule has 5 rings (SSSR count). The lowest BCUT2D eigenvalue weighted by molar-refractivity contribution is -0.159. The molecule has 1 heterocycles. The first-order valence-electron chi connectivity index (χ1n) is 13.5. The summed E-state index contributed by atoms with van der Waals surface area (Å²) in [4.78, 5) is 17.8. The van der Waals surface area contributed by atoms with Crippen molar-refractivity contribution in [2.45, 2.75) is 55.6 Å². The Kier molecular flexibility index (Phi) is 7.32. The number of carbonyl (C=O) groups excluding carboxylic acids is 1. The van der Waals surface area contributed by atoms with Crippen LogP contribution in [0.5, 0.6) is 11.5 Å². The molecule has 6 heteroatoms. The molecular weight excluding hydrogens is 464 g/mol. The summed E-state index contributed by atoms with van der Waals surface area (Å²) in [5.74, 6) is 1.88. The van der Waals surface area contributed by atoms with Crippen LogP contribution in [0, 0.1) is 5.92 Å². The van der Waals surface area contributed by atoms with E-state index in [2.05, 4.69) is 11.0 Å². The van der Waals surface area contributed by atoms with Crippen LogP contribution < -0.4 is 4.74 Å². The number of hydrogen-bond donors (Lipinski definition) is 1. The molecule has 6 nitrogen and oxygen atoms in total. The summed E-state index contributed by atoms with van der Waals surface area (Å²) in [5.41, 5.74) is 1.44. The molecule has 3 fully saturated rings. The highest BCUT2D eigenvalue weighted by atomic mass is 16.5. The number of fused-ring (bicyclic) bond motifs is 1. The van der Waals surface area contributed by atoms with Crippen LogP contribution in [0.4, 0.5) is 0 Å². The molecule has 1 saturated heterocycles. The molecule has 2 aromatic carbocycles. The van der Waals surface area contributed by atoms with Crippen LogP contribution in [-0.4, -0.2) is 73.4 Å². The van der Waals surface area contributed by atoms with Gasteiger partial charge in [-0.2, -0.15) is 0 Å². The van der Waals surface area contributed by atoms with Gasteiger partial charge in [0.05, 0.1) is 12.7 Å². The molecule has 37 heavy (non-hydrogen) atoms. The van der Waals surface area contributed by atoms with Crippen molar-refractivity contribution in [3.05, 3.63) is 65.7 Å². The van der Waals surface area contributed by atoms with Gasteiger partial charge in [0.15, 0.2) is 0 Å². The summed E-state index contributed by atoms with van der Waals surface area (Å²) in [5, 5.41) is 10.4. The van der Waals surface area contributed by atoms with Gasteiger partial charge in [0.2, 0.25) is 5.91 Å². The molecule has 2 aliphatic carbocycles. The summed E-state index contributed by atoms with van der Waals surface area (Å²) in [6.45, 7) is 3.06. The first kappa shape index (κ1) is 25.8. The van der Waals surface area contributed by atoms with Gasteiger partial charge in [-0.1, -0.05) is 24.3 Å². The number of aromatic hydroxyl groups is 1. The van der Waals surface area contributed by atoms with Gasteiger partial charge in [-0.15, -0.1) is 0 Å². The first-order valence-corrected chi connectivity index (χ1v) is 13.5. The molecule has 1 N–H and O–H groups in total. The molecule has 3 atom stereocenters. The van der Waals surface area contributed by atoms with Crippen molar-refractivity contribution in [1.29, 1.82) is 0 Å². The minimum atomic E-state index is -0.343. The van der Waals surface area contributed by atoms with E-state index in [4.69, 9.17) is 9.47 Å². The van der Waals surface area contributed by atoms with Crippen LogP contribution in [0.1, 0.15) is 49.7 Å². The van der Waals surface area contributed by atoms with Crippen molar-refractivity contribution in [1.82, 2.24) is 9.80 Å². The van der Waals surface area contributed by atoms with Gasteiger partial charge >= 0.3 is 0 Å². The molecule has 0 bridgehead atoms. The minimum Gasteiger partial charge on any atom is -0.508 e. The Morgan fingerprint density at radius 2 is 1.95 bits per heavy atom. The SMILES string of the molecule is COc1cccc(C=CC(=O)N(C)[C@H]2CC[C@]3(OC)CN(CC4CC4)CC[C@@]3(c3cccc(O)c3)C2)c1.